The number of carbonyl (C=O) groups is 1. The molecule has 1 saturated heterocycles. The molecule has 0 aliphatic carbocycles. The predicted octanol–water partition coefficient (Wildman–Crippen LogP) is -0.0419. The molecule has 0 saturated carbocycles. The highest BCUT2D eigenvalue weighted by atomic mass is 35.5. The largest absolute Gasteiger partial charge is 0.467 e. The summed E-state index contributed by atoms with van der Waals surface area (Å²) in [6.45, 7) is 3.27. The Morgan fingerprint density at radius 3 is 2.75 bits per heavy atom. The standard InChI is InChI=1S/C7H13NO3.ClH/c1-5-3-8-4-6(11-5)7(9)10-2;/h5-6,8H,3-4H2,1-2H3;1H/t5?,6-;/m0./s1. The van der Waals surface area contributed by atoms with Crippen LogP contribution in [0.4, 0.5) is 0 Å². The molecule has 0 bridgehead atoms. The van der Waals surface area contributed by atoms with Crippen molar-refractivity contribution in [2.75, 3.05) is 20.2 Å². The highest BCUT2D eigenvalue weighted by molar-refractivity contribution is 5.85. The van der Waals surface area contributed by atoms with E-state index in [9.17, 15) is 4.79 Å². The van der Waals surface area contributed by atoms with Gasteiger partial charge in [0, 0.05) is 13.1 Å². The molecule has 0 aromatic heterocycles. The summed E-state index contributed by atoms with van der Waals surface area (Å²) in [5, 5.41) is 3.07. The van der Waals surface area contributed by atoms with Crippen molar-refractivity contribution >= 4 is 18.4 Å². The molecule has 1 heterocycles. The van der Waals surface area contributed by atoms with Crippen LogP contribution in [0.15, 0.2) is 0 Å². The molecule has 1 unspecified atom stereocenters. The van der Waals surface area contributed by atoms with E-state index in [-0.39, 0.29) is 24.5 Å². The van der Waals surface area contributed by atoms with Crippen molar-refractivity contribution in [1.29, 1.82) is 0 Å². The minimum atomic E-state index is -0.427. The fourth-order valence-corrected chi connectivity index (χ4v) is 1.06. The second-order valence-electron chi connectivity index (χ2n) is 2.62. The Bertz CT molecular complexity index is 154. The fraction of sp³-hybridized carbons (Fsp3) is 0.857. The van der Waals surface area contributed by atoms with Crippen molar-refractivity contribution in [3.8, 4) is 0 Å². The van der Waals surface area contributed by atoms with E-state index in [1.54, 1.807) is 0 Å². The summed E-state index contributed by atoms with van der Waals surface area (Å²) in [6, 6.07) is 0. The second kappa shape index (κ2) is 5.35. The third kappa shape index (κ3) is 2.97. The van der Waals surface area contributed by atoms with Crippen molar-refractivity contribution in [1.82, 2.24) is 5.32 Å². The van der Waals surface area contributed by atoms with Crippen LogP contribution in [0.2, 0.25) is 0 Å². The number of ether oxygens (including phenoxy) is 2. The van der Waals surface area contributed by atoms with Gasteiger partial charge in [-0.2, -0.15) is 0 Å². The highest BCUT2D eigenvalue weighted by Gasteiger charge is 2.25. The van der Waals surface area contributed by atoms with Gasteiger partial charge >= 0.3 is 5.97 Å². The molecular weight excluding hydrogens is 182 g/mol. The number of nitrogens with one attached hydrogen (secondary N) is 1. The minimum absolute atomic E-state index is 0. The lowest BCUT2D eigenvalue weighted by Crippen LogP contribution is -2.47. The summed E-state index contributed by atoms with van der Waals surface area (Å²) in [7, 11) is 1.37. The van der Waals surface area contributed by atoms with Crippen LogP contribution >= 0.6 is 12.4 Å². The molecule has 12 heavy (non-hydrogen) atoms. The van der Waals surface area contributed by atoms with Gasteiger partial charge in [0.15, 0.2) is 6.10 Å². The maximum atomic E-state index is 10.9. The number of morpholine rings is 1. The monoisotopic (exact) mass is 195 g/mol. The average Bonchev–Trinajstić information content (AvgIpc) is 2.03. The van der Waals surface area contributed by atoms with Gasteiger partial charge in [-0.1, -0.05) is 0 Å². The summed E-state index contributed by atoms with van der Waals surface area (Å²) in [4.78, 5) is 10.9. The molecule has 5 heteroatoms. The predicted molar refractivity (Wildman–Crippen MR) is 46.5 cm³/mol. The molecule has 0 spiro atoms. The van der Waals surface area contributed by atoms with E-state index in [2.05, 4.69) is 10.1 Å². The SMILES string of the molecule is COC(=O)[C@@H]1CNCC(C)O1.Cl. The van der Waals surface area contributed by atoms with E-state index in [1.165, 1.54) is 7.11 Å². The zero-order chi connectivity index (χ0) is 8.27. The molecule has 72 valence electrons. The maximum Gasteiger partial charge on any atom is 0.336 e. The number of rotatable bonds is 1. The molecular formula is C7H14ClNO3. The lowest BCUT2D eigenvalue weighted by molar-refractivity contribution is -0.159. The molecule has 1 rings (SSSR count). The first-order valence-electron chi connectivity index (χ1n) is 3.68. The molecule has 0 radical (unpaired) electrons. The lowest BCUT2D eigenvalue weighted by atomic mass is 10.2. The molecule has 0 aromatic carbocycles. The van der Waals surface area contributed by atoms with E-state index in [1.807, 2.05) is 6.92 Å². The van der Waals surface area contributed by atoms with Crippen molar-refractivity contribution < 1.29 is 14.3 Å². The van der Waals surface area contributed by atoms with E-state index >= 15 is 0 Å². The Morgan fingerprint density at radius 2 is 2.25 bits per heavy atom. The van der Waals surface area contributed by atoms with Gasteiger partial charge in [-0.25, -0.2) is 4.79 Å². The molecule has 1 aliphatic heterocycles. The lowest BCUT2D eigenvalue weighted by Gasteiger charge is -2.26. The molecule has 1 aliphatic rings. The van der Waals surface area contributed by atoms with E-state index in [0.717, 1.165) is 6.54 Å². The van der Waals surface area contributed by atoms with Gasteiger partial charge in [0.1, 0.15) is 0 Å². The van der Waals surface area contributed by atoms with Crippen LogP contribution in [0, 0.1) is 0 Å². The van der Waals surface area contributed by atoms with E-state index < -0.39 is 6.10 Å². The summed E-state index contributed by atoms with van der Waals surface area (Å²) in [5.74, 6) is -0.302. The second-order valence-corrected chi connectivity index (χ2v) is 2.62. The molecule has 4 nitrogen and oxygen atoms in total. The minimum Gasteiger partial charge on any atom is -0.467 e. The fourth-order valence-electron chi connectivity index (χ4n) is 1.06. The number of halogens is 1. The maximum absolute atomic E-state index is 10.9. The molecule has 0 amide bonds. The third-order valence-corrected chi connectivity index (χ3v) is 1.62. The third-order valence-electron chi connectivity index (χ3n) is 1.62. The Labute approximate surface area is 78.0 Å². The molecule has 2 atom stereocenters. The summed E-state index contributed by atoms with van der Waals surface area (Å²) < 4.78 is 9.84. The molecule has 1 fully saturated rings. The van der Waals surface area contributed by atoms with Gasteiger partial charge in [0.2, 0.25) is 0 Å². The normalized spacial score (nSPS) is 28.8. The van der Waals surface area contributed by atoms with Crippen LogP contribution in [0.5, 0.6) is 0 Å². The van der Waals surface area contributed by atoms with Crippen LogP contribution in [0.3, 0.4) is 0 Å². The van der Waals surface area contributed by atoms with Crippen molar-refractivity contribution in [2.24, 2.45) is 0 Å². The Kier molecular flexibility index (Phi) is 5.20. The van der Waals surface area contributed by atoms with Crippen molar-refractivity contribution in [3.05, 3.63) is 0 Å². The number of methoxy groups -OCH3 is 1. The molecule has 0 aromatic rings. The number of hydrogen-bond donors (Lipinski definition) is 1. The highest BCUT2D eigenvalue weighted by Crippen LogP contribution is 2.03. The zero-order valence-electron chi connectivity index (χ0n) is 7.20. The van der Waals surface area contributed by atoms with Gasteiger partial charge in [-0.15, -0.1) is 12.4 Å². The quantitative estimate of drug-likeness (QED) is 0.597. The van der Waals surface area contributed by atoms with Crippen LogP contribution < -0.4 is 5.32 Å². The Morgan fingerprint density at radius 1 is 1.58 bits per heavy atom. The van der Waals surface area contributed by atoms with Crippen molar-refractivity contribution in [3.63, 3.8) is 0 Å². The first kappa shape index (κ1) is 11.7. The van der Waals surface area contributed by atoms with Gasteiger partial charge in [0.05, 0.1) is 13.2 Å². The van der Waals surface area contributed by atoms with Gasteiger partial charge in [-0.05, 0) is 6.92 Å². The van der Waals surface area contributed by atoms with Crippen LogP contribution in [-0.4, -0.2) is 38.4 Å². The van der Waals surface area contributed by atoms with Crippen molar-refractivity contribution in [2.45, 2.75) is 19.1 Å². The molecule has 1 N–H and O–H groups in total. The van der Waals surface area contributed by atoms with Gasteiger partial charge in [0.25, 0.3) is 0 Å². The zero-order valence-corrected chi connectivity index (χ0v) is 8.02. The van der Waals surface area contributed by atoms with E-state index in [0.29, 0.717) is 6.54 Å². The van der Waals surface area contributed by atoms with Crippen LogP contribution in [0.1, 0.15) is 6.92 Å². The summed E-state index contributed by atoms with van der Waals surface area (Å²) >= 11 is 0. The Balaban J connectivity index is 0.00000121. The average molecular weight is 196 g/mol. The van der Waals surface area contributed by atoms with Gasteiger partial charge in [-0.3, -0.25) is 0 Å². The smallest absolute Gasteiger partial charge is 0.336 e. The number of hydrogen-bond acceptors (Lipinski definition) is 4. The number of carbonyl (C=O) groups excluding carboxylic acids is 1. The summed E-state index contributed by atoms with van der Waals surface area (Å²) in [5.41, 5.74) is 0. The van der Waals surface area contributed by atoms with Crippen LogP contribution in [-0.2, 0) is 14.3 Å². The summed E-state index contributed by atoms with van der Waals surface area (Å²) in [6.07, 6.45) is -0.336. The van der Waals surface area contributed by atoms with E-state index in [4.69, 9.17) is 4.74 Å². The topological polar surface area (TPSA) is 47.6 Å². The first-order valence-corrected chi connectivity index (χ1v) is 3.68. The van der Waals surface area contributed by atoms with Gasteiger partial charge < -0.3 is 14.8 Å². The van der Waals surface area contributed by atoms with Crippen LogP contribution in [0.25, 0.3) is 0 Å². The Hall–Kier alpha value is -0.320. The number of esters is 1. The first-order chi connectivity index (χ1) is 5.24.